The number of rotatable bonds is 6. The molecule has 3 rings (SSSR count). The van der Waals surface area contributed by atoms with E-state index >= 15 is 0 Å². The fourth-order valence-corrected chi connectivity index (χ4v) is 4.62. The number of benzene rings is 2. The molecular weight excluding hydrogens is 332 g/mol. The Morgan fingerprint density at radius 1 is 0.920 bits per heavy atom. The number of hydrogen-bond acceptors (Lipinski definition) is 2. The van der Waals surface area contributed by atoms with Gasteiger partial charge in [0.25, 0.3) is 0 Å². The summed E-state index contributed by atoms with van der Waals surface area (Å²) in [5.74, 6) is 0.0943. The molecule has 0 spiro atoms. The van der Waals surface area contributed by atoms with Crippen LogP contribution < -0.4 is 4.90 Å². The fraction of sp³-hybridized carbons (Fsp3) is 0.300. The van der Waals surface area contributed by atoms with Crippen molar-refractivity contribution in [2.24, 2.45) is 0 Å². The summed E-state index contributed by atoms with van der Waals surface area (Å²) < 4.78 is 26.8. The molecule has 1 saturated heterocycles. The summed E-state index contributed by atoms with van der Waals surface area (Å²) in [5.41, 5.74) is 2.05. The van der Waals surface area contributed by atoms with Crippen molar-refractivity contribution in [1.82, 2.24) is 4.31 Å². The summed E-state index contributed by atoms with van der Waals surface area (Å²) in [5, 5.41) is 0. The van der Waals surface area contributed by atoms with Crippen LogP contribution >= 0.6 is 0 Å². The molecular formula is C20H25N2O2S+. The van der Waals surface area contributed by atoms with Crippen LogP contribution in [-0.4, -0.2) is 45.4 Å². The molecule has 0 aliphatic carbocycles. The van der Waals surface area contributed by atoms with Crippen molar-refractivity contribution in [3.63, 3.8) is 0 Å². The summed E-state index contributed by atoms with van der Waals surface area (Å²) in [6.45, 7) is 3.84. The Morgan fingerprint density at radius 2 is 1.52 bits per heavy atom. The molecule has 0 amide bonds. The van der Waals surface area contributed by atoms with Gasteiger partial charge in [0.15, 0.2) is 0 Å². The zero-order valence-electron chi connectivity index (χ0n) is 14.3. The van der Waals surface area contributed by atoms with Gasteiger partial charge in [0.05, 0.1) is 38.5 Å². The molecule has 2 aromatic rings. The number of hydrogen-bond donors (Lipinski definition) is 1. The van der Waals surface area contributed by atoms with Crippen LogP contribution in [0.4, 0.5) is 0 Å². The lowest BCUT2D eigenvalue weighted by Crippen LogP contribution is -3.14. The Morgan fingerprint density at radius 3 is 2.16 bits per heavy atom. The Labute approximate surface area is 150 Å². The van der Waals surface area contributed by atoms with Gasteiger partial charge in [-0.25, -0.2) is 8.42 Å². The van der Waals surface area contributed by atoms with Crippen molar-refractivity contribution in [3.8, 4) is 0 Å². The van der Waals surface area contributed by atoms with E-state index in [2.05, 4.69) is 24.3 Å². The topological polar surface area (TPSA) is 41.8 Å². The lowest BCUT2D eigenvalue weighted by atomic mass is 10.2. The predicted octanol–water partition coefficient (Wildman–Crippen LogP) is 1.43. The molecule has 0 unspecified atom stereocenters. The third-order valence-electron chi connectivity index (χ3n) is 4.53. The first-order valence-electron chi connectivity index (χ1n) is 8.70. The van der Waals surface area contributed by atoms with E-state index in [-0.39, 0.29) is 5.75 Å². The average Bonchev–Trinajstić information content (AvgIpc) is 2.64. The van der Waals surface area contributed by atoms with Crippen molar-refractivity contribution in [1.29, 1.82) is 0 Å². The van der Waals surface area contributed by atoms with E-state index in [9.17, 15) is 8.42 Å². The van der Waals surface area contributed by atoms with Crippen LogP contribution in [0.25, 0.3) is 6.08 Å². The highest BCUT2D eigenvalue weighted by molar-refractivity contribution is 7.88. The van der Waals surface area contributed by atoms with Gasteiger partial charge >= 0.3 is 0 Å². The van der Waals surface area contributed by atoms with Gasteiger partial charge in [-0.05, 0) is 17.2 Å². The number of nitrogens with one attached hydrogen (secondary N) is 1. The first-order valence-corrected chi connectivity index (χ1v) is 10.3. The molecule has 1 N–H and O–H groups in total. The van der Waals surface area contributed by atoms with Crippen LogP contribution in [0.1, 0.15) is 11.1 Å². The SMILES string of the molecule is O=S(=O)(Cc1ccccc1)N1CC[NH+](C/C=C/c2ccccc2)CC1. The van der Waals surface area contributed by atoms with E-state index < -0.39 is 10.0 Å². The zero-order chi connectivity index (χ0) is 17.5. The van der Waals surface area contributed by atoms with E-state index in [0.717, 1.165) is 25.2 Å². The molecule has 0 saturated carbocycles. The fourth-order valence-electron chi connectivity index (χ4n) is 3.09. The van der Waals surface area contributed by atoms with Crippen molar-refractivity contribution >= 4 is 16.1 Å². The Balaban J connectivity index is 1.49. The Bertz CT molecular complexity index is 781. The Kier molecular flexibility index (Phi) is 6.02. The highest BCUT2D eigenvalue weighted by Crippen LogP contribution is 2.10. The maximum atomic E-state index is 12.6. The van der Waals surface area contributed by atoms with Crippen LogP contribution in [0.15, 0.2) is 66.7 Å². The van der Waals surface area contributed by atoms with Gasteiger partial charge in [-0.1, -0.05) is 66.7 Å². The van der Waals surface area contributed by atoms with Crippen molar-refractivity contribution in [2.75, 3.05) is 32.7 Å². The van der Waals surface area contributed by atoms with Gasteiger partial charge in [0, 0.05) is 0 Å². The van der Waals surface area contributed by atoms with Crippen molar-refractivity contribution in [2.45, 2.75) is 5.75 Å². The quantitative estimate of drug-likeness (QED) is 0.850. The molecule has 1 aliphatic rings. The first kappa shape index (κ1) is 17.9. The minimum Gasteiger partial charge on any atom is -0.329 e. The summed E-state index contributed by atoms with van der Waals surface area (Å²) in [6, 6.07) is 19.6. The second kappa shape index (κ2) is 8.43. The Hall–Kier alpha value is -1.95. The molecule has 4 nitrogen and oxygen atoms in total. The highest BCUT2D eigenvalue weighted by atomic mass is 32.2. The summed E-state index contributed by atoms with van der Waals surface area (Å²) in [7, 11) is -3.22. The van der Waals surface area contributed by atoms with Gasteiger partial charge in [-0.2, -0.15) is 4.31 Å². The molecule has 5 heteroatoms. The average molecular weight is 357 g/mol. The third-order valence-corrected chi connectivity index (χ3v) is 6.38. The van der Waals surface area contributed by atoms with Gasteiger partial charge < -0.3 is 4.90 Å². The van der Waals surface area contributed by atoms with Crippen LogP contribution in [0.2, 0.25) is 0 Å². The smallest absolute Gasteiger partial charge is 0.218 e. The van der Waals surface area contributed by atoms with Crippen LogP contribution in [0.5, 0.6) is 0 Å². The third kappa shape index (κ3) is 5.26. The molecule has 1 heterocycles. The zero-order valence-corrected chi connectivity index (χ0v) is 15.2. The number of nitrogens with zero attached hydrogens (tertiary/aromatic N) is 1. The van der Waals surface area contributed by atoms with Gasteiger partial charge in [0.2, 0.25) is 10.0 Å². The molecule has 0 aromatic heterocycles. The molecule has 1 aliphatic heterocycles. The first-order chi connectivity index (χ1) is 12.1. The molecule has 132 valence electrons. The second-order valence-electron chi connectivity index (χ2n) is 6.41. The number of sulfonamides is 1. The molecule has 2 aromatic carbocycles. The molecule has 25 heavy (non-hydrogen) atoms. The lowest BCUT2D eigenvalue weighted by molar-refractivity contribution is -0.897. The van der Waals surface area contributed by atoms with E-state index in [4.69, 9.17) is 0 Å². The standard InChI is InChI=1S/C20H24N2O2S/c23-25(24,18-20-10-5-2-6-11-20)22-16-14-21(15-17-22)13-7-12-19-8-3-1-4-9-19/h1-12H,13-18H2/p+1/b12-7+. The summed E-state index contributed by atoms with van der Waals surface area (Å²) >= 11 is 0. The van der Waals surface area contributed by atoms with Gasteiger partial charge in [-0.15, -0.1) is 0 Å². The van der Waals surface area contributed by atoms with Gasteiger partial charge in [0.1, 0.15) is 0 Å². The number of piperazine rings is 1. The highest BCUT2D eigenvalue weighted by Gasteiger charge is 2.28. The van der Waals surface area contributed by atoms with Crippen molar-refractivity contribution < 1.29 is 13.3 Å². The van der Waals surface area contributed by atoms with E-state index in [0.29, 0.717) is 13.1 Å². The molecule has 0 atom stereocenters. The molecule has 0 bridgehead atoms. The van der Waals surface area contributed by atoms with Crippen LogP contribution in [0, 0.1) is 0 Å². The second-order valence-corrected chi connectivity index (χ2v) is 8.38. The number of quaternary nitrogens is 1. The van der Waals surface area contributed by atoms with Crippen molar-refractivity contribution in [3.05, 3.63) is 77.9 Å². The predicted molar refractivity (Wildman–Crippen MR) is 102 cm³/mol. The molecule has 1 fully saturated rings. The minimum absolute atomic E-state index is 0.0943. The van der Waals surface area contributed by atoms with E-state index in [1.807, 2.05) is 48.5 Å². The maximum absolute atomic E-state index is 12.6. The summed E-state index contributed by atoms with van der Waals surface area (Å²) in [6.07, 6.45) is 4.31. The lowest BCUT2D eigenvalue weighted by Gasteiger charge is -2.31. The van der Waals surface area contributed by atoms with E-state index in [1.165, 1.54) is 10.5 Å². The normalized spacial score (nSPS) is 17.1. The van der Waals surface area contributed by atoms with E-state index in [1.54, 1.807) is 4.31 Å². The monoisotopic (exact) mass is 357 g/mol. The van der Waals surface area contributed by atoms with Crippen LogP contribution in [-0.2, 0) is 15.8 Å². The van der Waals surface area contributed by atoms with Gasteiger partial charge in [-0.3, -0.25) is 0 Å². The summed E-state index contributed by atoms with van der Waals surface area (Å²) in [4.78, 5) is 1.43. The largest absolute Gasteiger partial charge is 0.329 e. The minimum atomic E-state index is -3.22. The van der Waals surface area contributed by atoms with Crippen LogP contribution in [0.3, 0.4) is 0 Å². The maximum Gasteiger partial charge on any atom is 0.218 e. The molecule has 0 radical (unpaired) electrons.